The van der Waals surface area contributed by atoms with E-state index in [-0.39, 0.29) is 0 Å². The molecule has 0 N–H and O–H groups in total. The summed E-state index contributed by atoms with van der Waals surface area (Å²) >= 11 is 0. The SMILES string of the molecule is C=C(C=CCCC)c1ccccc1. The lowest BCUT2D eigenvalue weighted by atomic mass is 10.1. The van der Waals surface area contributed by atoms with E-state index in [0.717, 1.165) is 12.0 Å². The Bertz CT molecular complexity index is 280. The zero-order valence-corrected chi connectivity index (χ0v) is 8.16. The standard InChI is InChI=1S/C13H16/c1-3-4-6-9-12(2)13-10-7-5-8-11-13/h5-11H,2-4H2,1H3. The third-order valence-corrected chi connectivity index (χ3v) is 1.92. The summed E-state index contributed by atoms with van der Waals surface area (Å²) in [6, 6.07) is 10.3. The number of allylic oxidation sites excluding steroid dienone is 3. The fraction of sp³-hybridized carbons (Fsp3) is 0.231. The van der Waals surface area contributed by atoms with Gasteiger partial charge in [-0.25, -0.2) is 0 Å². The van der Waals surface area contributed by atoms with Crippen LogP contribution in [-0.4, -0.2) is 0 Å². The number of rotatable bonds is 4. The van der Waals surface area contributed by atoms with Gasteiger partial charge in [0.2, 0.25) is 0 Å². The van der Waals surface area contributed by atoms with Crippen LogP contribution in [0.2, 0.25) is 0 Å². The molecule has 0 heteroatoms. The molecule has 0 spiro atoms. The van der Waals surface area contributed by atoms with Gasteiger partial charge >= 0.3 is 0 Å². The van der Waals surface area contributed by atoms with Crippen LogP contribution in [0.1, 0.15) is 25.3 Å². The smallest absolute Gasteiger partial charge is 0.0190 e. The van der Waals surface area contributed by atoms with Crippen molar-refractivity contribution in [2.24, 2.45) is 0 Å². The molecule has 1 rings (SSSR count). The van der Waals surface area contributed by atoms with Crippen LogP contribution in [0, 0.1) is 0 Å². The highest BCUT2D eigenvalue weighted by molar-refractivity contribution is 5.71. The second-order valence-corrected chi connectivity index (χ2v) is 3.08. The molecule has 0 saturated heterocycles. The largest absolute Gasteiger partial charge is 0.0912 e. The minimum atomic E-state index is 1.09. The Morgan fingerprint density at radius 3 is 2.62 bits per heavy atom. The van der Waals surface area contributed by atoms with Crippen LogP contribution in [0.5, 0.6) is 0 Å². The zero-order valence-electron chi connectivity index (χ0n) is 8.16. The molecule has 1 aromatic carbocycles. The highest BCUT2D eigenvalue weighted by Gasteiger charge is 1.90. The van der Waals surface area contributed by atoms with Gasteiger partial charge in [-0.3, -0.25) is 0 Å². The van der Waals surface area contributed by atoms with Crippen LogP contribution in [0.3, 0.4) is 0 Å². The predicted molar refractivity (Wildman–Crippen MR) is 59.5 cm³/mol. The third-order valence-electron chi connectivity index (χ3n) is 1.92. The number of unbranched alkanes of at least 4 members (excludes halogenated alkanes) is 1. The second kappa shape index (κ2) is 5.36. The van der Waals surface area contributed by atoms with Gasteiger partial charge in [-0.05, 0) is 17.6 Å². The van der Waals surface area contributed by atoms with E-state index < -0.39 is 0 Å². The lowest BCUT2D eigenvalue weighted by Gasteiger charge is -1.98. The third kappa shape index (κ3) is 3.29. The summed E-state index contributed by atoms with van der Waals surface area (Å²) in [4.78, 5) is 0. The van der Waals surface area contributed by atoms with Crippen molar-refractivity contribution in [2.75, 3.05) is 0 Å². The molecule has 0 atom stereocenters. The molecule has 0 aliphatic carbocycles. The van der Waals surface area contributed by atoms with Crippen molar-refractivity contribution < 1.29 is 0 Å². The van der Waals surface area contributed by atoms with Crippen molar-refractivity contribution in [1.29, 1.82) is 0 Å². The Kier molecular flexibility index (Phi) is 4.04. The first-order valence-electron chi connectivity index (χ1n) is 4.75. The van der Waals surface area contributed by atoms with Crippen molar-refractivity contribution in [3.63, 3.8) is 0 Å². The summed E-state index contributed by atoms with van der Waals surface area (Å²) in [5.74, 6) is 0. The van der Waals surface area contributed by atoms with Crippen LogP contribution in [0.25, 0.3) is 5.57 Å². The minimum absolute atomic E-state index is 1.09. The topological polar surface area (TPSA) is 0 Å². The van der Waals surface area contributed by atoms with E-state index in [9.17, 15) is 0 Å². The summed E-state index contributed by atoms with van der Waals surface area (Å²) in [5, 5.41) is 0. The van der Waals surface area contributed by atoms with Crippen molar-refractivity contribution >= 4 is 5.57 Å². The Labute approximate surface area is 80.6 Å². The Balaban J connectivity index is 2.59. The summed E-state index contributed by atoms with van der Waals surface area (Å²) in [7, 11) is 0. The lowest BCUT2D eigenvalue weighted by molar-refractivity contribution is 0.959. The molecule has 1 aromatic rings. The van der Waals surface area contributed by atoms with Gasteiger partial charge in [0, 0.05) is 0 Å². The van der Waals surface area contributed by atoms with E-state index in [1.807, 2.05) is 18.2 Å². The van der Waals surface area contributed by atoms with E-state index in [4.69, 9.17) is 0 Å². The van der Waals surface area contributed by atoms with E-state index in [1.54, 1.807) is 0 Å². The molecular formula is C13H16. The average Bonchev–Trinajstić information content (AvgIpc) is 2.19. The molecule has 0 aromatic heterocycles. The lowest BCUT2D eigenvalue weighted by Crippen LogP contribution is -1.76. The average molecular weight is 172 g/mol. The molecule has 13 heavy (non-hydrogen) atoms. The molecule has 68 valence electrons. The first kappa shape index (κ1) is 9.79. The molecule has 0 amide bonds. The normalized spacial score (nSPS) is 10.5. The minimum Gasteiger partial charge on any atom is -0.0912 e. The maximum absolute atomic E-state index is 4.01. The molecule has 0 aliphatic rings. The van der Waals surface area contributed by atoms with Gasteiger partial charge in [0.15, 0.2) is 0 Å². The highest BCUT2D eigenvalue weighted by atomic mass is 14.0. The first-order valence-corrected chi connectivity index (χ1v) is 4.75. The predicted octanol–water partition coefficient (Wildman–Crippen LogP) is 4.06. The quantitative estimate of drug-likeness (QED) is 0.601. The molecule has 0 heterocycles. The molecule has 0 saturated carbocycles. The maximum Gasteiger partial charge on any atom is -0.0190 e. The molecule has 0 nitrogen and oxygen atoms in total. The van der Waals surface area contributed by atoms with Crippen LogP contribution in [0.4, 0.5) is 0 Å². The summed E-state index contributed by atoms with van der Waals surface area (Å²) in [6.07, 6.45) is 6.60. The van der Waals surface area contributed by atoms with Crippen LogP contribution in [-0.2, 0) is 0 Å². The van der Waals surface area contributed by atoms with Crippen molar-refractivity contribution in [1.82, 2.24) is 0 Å². The van der Waals surface area contributed by atoms with Crippen molar-refractivity contribution in [3.8, 4) is 0 Å². The van der Waals surface area contributed by atoms with E-state index in [2.05, 4.69) is 37.8 Å². The Hall–Kier alpha value is -1.30. The van der Waals surface area contributed by atoms with Gasteiger partial charge in [-0.2, -0.15) is 0 Å². The van der Waals surface area contributed by atoms with Gasteiger partial charge in [-0.15, -0.1) is 0 Å². The fourth-order valence-electron chi connectivity index (χ4n) is 1.14. The van der Waals surface area contributed by atoms with Crippen molar-refractivity contribution in [3.05, 3.63) is 54.6 Å². The van der Waals surface area contributed by atoms with Gasteiger partial charge in [-0.1, -0.05) is 62.4 Å². The monoisotopic (exact) mass is 172 g/mol. The zero-order chi connectivity index (χ0) is 9.52. The van der Waals surface area contributed by atoms with Gasteiger partial charge < -0.3 is 0 Å². The van der Waals surface area contributed by atoms with Crippen LogP contribution in [0.15, 0.2) is 49.1 Å². The molecule has 0 aliphatic heterocycles. The van der Waals surface area contributed by atoms with E-state index >= 15 is 0 Å². The molecule has 0 bridgehead atoms. The summed E-state index contributed by atoms with van der Waals surface area (Å²) < 4.78 is 0. The van der Waals surface area contributed by atoms with Gasteiger partial charge in [0.25, 0.3) is 0 Å². The van der Waals surface area contributed by atoms with Gasteiger partial charge in [0.1, 0.15) is 0 Å². The van der Waals surface area contributed by atoms with E-state index in [0.29, 0.717) is 0 Å². The molecular weight excluding hydrogens is 156 g/mol. The van der Waals surface area contributed by atoms with Crippen LogP contribution < -0.4 is 0 Å². The first-order chi connectivity index (χ1) is 6.34. The summed E-state index contributed by atoms with van der Waals surface area (Å²) in [5.41, 5.74) is 2.30. The summed E-state index contributed by atoms with van der Waals surface area (Å²) in [6.45, 7) is 6.19. The Morgan fingerprint density at radius 2 is 2.00 bits per heavy atom. The number of benzene rings is 1. The number of hydrogen-bond donors (Lipinski definition) is 0. The van der Waals surface area contributed by atoms with Crippen molar-refractivity contribution in [2.45, 2.75) is 19.8 Å². The Morgan fingerprint density at radius 1 is 1.31 bits per heavy atom. The second-order valence-electron chi connectivity index (χ2n) is 3.08. The van der Waals surface area contributed by atoms with Crippen LogP contribution >= 0.6 is 0 Å². The highest BCUT2D eigenvalue weighted by Crippen LogP contribution is 2.12. The molecule has 0 radical (unpaired) electrons. The maximum atomic E-state index is 4.01. The fourth-order valence-corrected chi connectivity index (χ4v) is 1.14. The van der Waals surface area contributed by atoms with Gasteiger partial charge in [0.05, 0.1) is 0 Å². The van der Waals surface area contributed by atoms with E-state index in [1.165, 1.54) is 12.0 Å². The molecule has 0 fully saturated rings. The number of hydrogen-bond acceptors (Lipinski definition) is 0. The molecule has 0 unspecified atom stereocenters.